The molecule has 0 bridgehead atoms. The Morgan fingerprint density at radius 1 is 0.778 bits per heavy atom. The summed E-state index contributed by atoms with van der Waals surface area (Å²) in [4.78, 5) is 11.6. The molecule has 0 aliphatic carbocycles. The molecule has 0 aromatic heterocycles. The third kappa shape index (κ3) is 21.5. The predicted molar refractivity (Wildman–Crippen MR) is 113 cm³/mol. The van der Waals surface area contributed by atoms with Gasteiger partial charge in [-0.1, -0.05) is 96.5 Å². The van der Waals surface area contributed by atoms with Gasteiger partial charge in [-0.2, -0.15) is 0 Å². The lowest BCUT2D eigenvalue weighted by Gasteiger charge is -2.31. The fourth-order valence-electron chi connectivity index (χ4n) is 3.40. The van der Waals surface area contributed by atoms with Gasteiger partial charge in [0.1, 0.15) is 0 Å². The first-order valence-electron chi connectivity index (χ1n) is 11.5. The van der Waals surface area contributed by atoms with Crippen molar-refractivity contribution in [2.75, 3.05) is 34.3 Å². The molecule has 27 heavy (non-hydrogen) atoms. The molecule has 0 amide bonds. The highest BCUT2D eigenvalue weighted by Gasteiger charge is 2.13. The molecule has 0 rings (SSSR count). The van der Waals surface area contributed by atoms with Gasteiger partial charge in [0.2, 0.25) is 0 Å². The summed E-state index contributed by atoms with van der Waals surface area (Å²) in [7, 11) is 5.89. The molecule has 1 atom stereocenters. The average molecular weight is 386 g/mol. The van der Waals surface area contributed by atoms with Crippen molar-refractivity contribution in [3.8, 4) is 0 Å². The summed E-state index contributed by atoms with van der Waals surface area (Å²) < 4.78 is 5.77. The first-order chi connectivity index (χ1) is 12.8. The fourth-order valence-corrected chi connectivity index (χ4v) is 3.40. The van der Waals surface area contributed by atoms with E-state index in [0.717, 1.165) is 12.8 Å². The van der Waals surface area contributed by atoms with Gasteiger partial charge in [0.05, 0.1) is 34.3 Å². The van der Waals surface area contributed by atoms with Gasteiger partial charge in [0, 0.05) is 6.42 Å². The Bertz CT molecular complexity index is 339. The minimum atomic E-state index is -0.867. The number of hydrogen-bond acceptors (Lipinski definition) is 3. The minimum absolute atomic E-state index is 0.00583. The molecule has 0 heterocycles. The number of ether oxygens (including phenoxy) is 1. The molecule has 162 valence electrons. The molecule has 0 saturated heterocycles. The number of likely N-dealkylation sites (N-methyl/N-ethyl adjacent to an activating group) is 1. The Morgan fingerprint density at radius 2 is 1.19 bits per heavy atom. The molecule has 4 heteroatoms. The minimum Gasteiger partial charge on any atom is -0.848 e. The first kappa shape index (κ1) is 26.4. The lowest BCUT2D eigenvalue weighted by molar-refractivity contribution is -0.880. The lowest BCUT2D eigenvalue weighted by atomic mass is 10.0. The van der Waals surface area contributed by atoms with Crippen molar-refractivity contribution in [1.29, 1.82) is 0 Å². The second kappa shape index (κ2) is 17.5. The van der Waals surface area contributed by atoms with Crippen molar-refractivity contribution >= 4 is 5.97 Å². The molecular weight excluding hydrogens is 338 g/mol. The predicted octanol–water partition coefficient (Wildman–Crippen LogP) is 4.84. The van der Waals surface area contributed by atoms with E-state index in [0.29, 0.717) is 17.6 Å². The van der Waals surface area contributed by atoms with Gasteiger partial charge >= 0.3 is 5.97 Å². The van der Waals surface area contributed by atoms with E-state index < -0.39 is 6.10 Å². The maximum absolute atomic E-state index is 11.8. The zero-order valence-electron chi connectivity index (χ0n) is 18.8. The van der Waals surface area contributed by atoms with Crippen LogP contribution in [0, 0.1) is 0 Å². The van der Waals surface area contributed by atoms with E-state index in [1.165, 1.54) is 77.0 Å². The van der Waals surface area contributed by atoms with E-state index in [9.17, 15) is 9.90 Å². The summed E-state index contributed by atoms with van der Waals surface area (Å²) >= 11 is 0. The standard InChI is InChI=1S/C23H47NO3/c1-5-6-7-8-9-10-11-12-13-14-15-16-17-18-19-27-23(26)20-22(25)21-24(2,3)4/h22H,5-21H2,1-4H3. The number of carbonyl (C=O) groups is 1. The summed E-state index contributed by atoms with van der Waals surface area (Å²) in [5, 5.41) is 11.8. The second-order valence-electron chi connectivity index (χ2n) is 9.12. The van der Waals surface area contributed by atoms with E-state index in [-0.39, 0.29) is 12.4 Å². The van der Waals surface area contributed by atoms with E-state index in [1.54, 1.807) is 0 Å². The molecule has 0 saturated carbocycles. The molecule has 0 aliphatic rings. The Labute approximate surface area is 169 Å². The summed E-state index contributed by atoms with van der Waals surface area (Å²) in [6.07, 6.45) is 17.5. The molecule has 0 radical (unpaired) electrons. The molecule has 1 unspecified atom stereocenters. The van der Waals surface area contributed by atoms with Crippen LogP contribution in [-0.2, 0) is 9.53 Å². The van der Waals surface area contributed by atoms with Crippen LogP contribution in [0.15, 0.2) is 0 Å². The molecule has 0 N–H and O–H groups in total. The maximum atomic E-state index is 11.8. The Hall–Kier alpha value is -0.610. The zero-order valence-corrected chi connectivity index (χ0v) is 18.8. The molecule has 0 aromatic carbocycles. The van der Waals surface area contributed by atoms with Gasteiger partial charge < -0.3 is 14.3 Å². The van der Waals surface area contributed by atoms with Crippen molar-refractivity contribution < 1.29 is 19.1 Å². The van der Waals surface area contributed by atoms with Gasteiger partial charge in [-0.05, 0) is 6.42 Å². The normalized spacial score (nSPS) is 12.9. The molecule has 0 aliphatic heterocycles. The summed E-state index contributed by atoms with van der Waals surface area (Å²) in [5.41, 5.74) is 0. The number of rotatable bonds is 19. The van der Waals surface area contributed by atoms with Crippen molar-refractivity contribution in [2.45, 2.75) is 109 Å². The highest BCUT2D eigenvalue weighted by Crippen LogP contribution is 2.13. The van der Waals surface area contributed by atoms with E-state index in [1.807, 2.05) is 21.1 Å². The number of hydrogen-bond donors (Lipinski definition) is 0. The van der Waals surface area contributed by atoms with Crippen LogP contribution >= 0.6 is 0 Å². The number of unbranched alkanes of at least 4 members (excludes halogenated alkanes) is 13. The van der Waals surface area contributed by atoms with Crippen LogP contribution in [0.25, 0.3) is 0 Å². The lowest BCUT2D eigenvalue weighted by Crippen LogP contribution is -2.47. The van der Waals surface area contributed by atoms with Gasteiger partial charge in [-0.15, -0.1) is 0 Å². The molecule has 0 aromatic rings. The van der Waals surface area contributed by atoms with Crippen LogP contribution in [-0.4, -0.2) is 50.9 Å². The van der Waals surface area contributed by atoms with Gasteiger partial charge in [0.25, 0.3) is 0 Å². The Kier molecular flexibility index (Phi) is 17.1. The SMILES string of the molecule is CCCCCCCCCCCCCCCCOC(=O)CC([O-])C[N+](C)(C)C. The summed E-state index contributed by atoms with van der Waals surface area (Å²) in [5.74, 6) is -0.335. The molecular formula is C23H47NO3. The highest BCUT2D eigenvalue weighted by molar-refractivity contribution is 5.69. The van der Waals surface area contributed by atoms with Crippen LogP contribution in [0.2, 0.25) is 0 Å². The maximum Gasteiger partial charge on any atom is 0.304 e. The molecule has 0 fully saturated rings. The number of quaternary nitrogens is 1. The van der Waals surface area contributed by atoms with Crippen molar-refractivity contribution in [3.63, 3.8) is 0 Å². The average Bonchev–Trinajstić information content (AvgIpc) is 2.56. The smallest absolute Gasteiger partial charge is 0.304 e. The first-order valence-corrected chi connectivity index (χ1v) is 11.5. The Balaban J connectivity index is 3.27. The van der Waals surface area contributed by atoms with E-state index in [4.69, 9.17) is 4.74 Å². The Morgan fingerprint density at radius 3 is 1.59 bits per heavy atom. The zero-order chi connectivity index (χ0) is 20.4. The van der Waals surface area contributed by atoms with Crippen LogP contribution in [0.3, 0.4) is 0 Å². The number of nitrogens with zero attached hydrogens (tertiary/aromatic N) is 1. The molecule has 4 nitrogen and oxygen atoms in total. The highest BCUT2D eigenvalue weighted by atomic mass is 16.5. The number of esters is 1. The van der Waals surface area contributed by atoms with E-state index in [2.05, 4.69) is 6.92 Å². The van der Waals surface area contributed by atoms with E-state index >= 15 is 0 Å². The quantitative estimate of drug-likeness (QED) is 0.182. The fraction of sp³-hybridized carbons (Fsp3) is 0.957. The van der Waals surface area contributed by atoms with Crippen LogP contribution in [0.5, 0.6) is 0 Å². The summed E-state index contributed by atoms with van der Waals surface area (Å²) in [6, 6.07) is 0. The van der Waals surface area contributed by atoms with Gasteiger partial charge in [-0.25, -0.2) is 0 Å². The van der Waals surface area contributed by atoms with Gasteiger partial charge in [-0.3, -0.25) is 4.79 Å². The second-order valence-corrected chi connectivity index (χ2v) is 9.12. The van der Waals surface area contributed by atoms with Crippen LogP contribution in [0.1, 0.15) is 103 Å². The number of carbonyl (C=O) groups excluding carboxylic acids is 1. The van der Waals surface area contributed by atoms with Crippen LogP contribution < -0.4 is 5.11 Å². The van der Waals surface area contributed by atoms with Gasteiger partial charge in [0.15, 0.2) is 0 Å². The molecule has 0 spiro atoms. The van der Waals surface area contributed by atoms with Crippen molar-refractivity contribution in [1.82, 2.24) is 0 Å². The third-order valence-electron chi connectivity index (χ3n) is 4.91. The monoisotopic (exact) mass is 385 g/mol. The van der Waals surface area contributed by atoms with Crippen molar-refractivity contribution in [2.24, 2.45) is 0 Å². The summed E-state index contributed by atoms with van der Waals surface area (Å²) in [6.45, 7) is 3.19. The van der Waals surface area contributed by atoms with Crippen LogP contribution in [0.4, 0.5) is 0 Å². The largest absolute Gasteiger partial charge is 0.848 e. The third-order valence-corrected chi connectivity index (χ3v) is 4.91. The van der Waals surface area contributed by atoms with Crippen molar-refractivity contribution in [3.05, 3.63) is 0 Å². The topological polar surface area (TPSA) is 49.4 Å².